The molecule has 1 aliphatic heterocycles. The van der Waals surface area contributed by atoms with Gasteiger partial charge in [0.2, 0.25) is 5.91 Å². The molecule has 8 heteroatoms. The van der Waals surface area contributed by atoms with E-state index in [-0.39, 0.29) is 11.9 Å². The third-order valence-electron chi connectivity index (χ3n) is 4.69. The molecule has 26 heavy (non-hydrogen) atoms. The maximum absolute atomic E-state index is 12.6. The van der Waals surface area contributed by atoms with E-state index in [0.29, 0.717) is 6.54 Å². The van der Waals surface area contributed by atoms with Crippen LogP contribution in [-0.2, 0) is 11.8 Å². The lowest BCUT2D eigenvalue weighted by molar-refractivity contribution is -0.118. The fourth-order valence-corrected chi connectivity index (χ4v) is 3.48. The van der Waals surface area contributed by atoms with Gasteiger partial charge in [-0.25, -0.2) is 4.98 Å². The molecule has 0 spiro atoms. The molecule has 136 valence electrons. The molecule has 0 bridgehead atoms. The second-order valence-electron chi connectivity index (χ2n) is 6.74. The van der Waals surface area contributed by atoms with E-state index in [0.717, 1.165) is 47.7 Å². The molecular formula is C18H23N7O. The minimum Gasteiger partial charge on any atom is -0.342 e. The number of anilines is 1. The van der Waals surface area contributed by atoms with Crippen LogP contribution in [0.2, 0.25) is 0 Å². The number of hydrogen-bond acceptors (Lipinski definition) is 5. The molecule has 1 atom stereocenters. The fourth-order valence-electron chi connectivity index (χ4n) is 3.48. The molecule has 3 aromatic rings. The third kappa shape index (κ3) is 3.47. The molecule has 1 amide bonds. The van der Waals surface area contributed by atoms with Crippen molar-refractivity contribution >= 4 is 22.6 Å². The average molecular weight is 353 g/mol. The van der Waals surface area contributed by atoms with Crippen LogP contribution >= 0.6 is 0 Å². The highest BCUT2D eigenvalue weighted by atomic mass is 16.2. The summed E-state index contributed by atoms with van der Waals surface area (Å²) in [4.78, 5) is 22.4. The average Bonchev–Trinajstić information content (AvgIpc) is 3.19. The van der Waals surface area contributed by atoms with Gasteiger partial charge in [0.05, 0.1) is 29.8 Å². The predicted octanol–water partition coefficient (Wildman–Crippen LogP) is 1.19. The van der Waals surface area contributed by atoms with Gasteiger partial charge in [-0.05, 0) is 25.1 Å². The van der Waals surface area contributed by atoms with Crippen molar-refractivity contribution in [2.45, 2.75) is 13.0 Å². The van der Waals surface area contributed by atoms with Gasteiger partial charge in [-0.3, -0.25) is 14.4 Å². The Bertz CT molecular complexity index is 929. The van der Waals surface area contributed by atoms with Crippen molar-refractivity contribution in [2.75, 3.05) is 31.5 Å². The van der Waals surface area contributed by atoms with Crippen LogP contribution in [0, 0.1) is 6.92 Å². The van der Waals surface area contributed by atoms with Gasteiger partial charge in [0.1, 0.15) is 5.82 Å². The number of H-pyrrole nitrogens is 1. The number of aromatic amines is 1. The summed E-state index contributed by atoms with van der Waals surface area (Å²) in [7, 11) is 1.91. The summed E-state index contributed by atoms with van der Waals surface area (Å²) in [6.45, 7) is 4.79. The molecular weight excluding hydrogens is 330 g/mol. The minimum absolute atomic E-state index is 0.0172. The van der Waals surface area contributed by atoms with Crippen molar-refractivity contribution in [3.05, 3.63) is 42.0 Å². The first kappa shape index (κ1) is 16.7. The molecule has 0 saturated carbocycles. The Hall–Kier alpha value is -2.71. The monoisotopic (exact) mass is 353 g/mol. The molecule has 8 nitrogen and oxygen atoms in total. The number of nitrogens with one attached hydrogen (secondary N) is 3. The maximum Gasteiger partial charge on any atom is 0.238 e. The molecule has 1 saturated heterocycles. The van der Waals surface area contributed by atoms with Crippen LogP contribution in [0.3, 0.4) is 0 Å². The van der Waals surface area contributed by atoms with Crippen LogP contribution in [-0.4, -0.2) is 56.7 Å². The first-order valence-corrected chi connectivity index (χ1v) is 8.78. The lowest BCUT2D eigenvalue weighted by Gasteiger charge is -2.35. The quantitative estimate of drug-likeness (QED) is 0.655. The van der Waals surface area contributed by atoms with E-state index in [1.165, 1.54) is 0 Å². The second-order valence-corrected chi connectivity index (χ2v) is 6.74. The molecule has 1 fully saturated rings. The highest BCUT2D eigenvalue weighted by Crippen LogP contribution is 2.22. The number of amides is 1. The Labute approximate surface area is 151 Å². The molecule has 0 aliphatic carbocycles. The lowest BCUT2D eigenvalue weighted by Crippen LogP contribution is -2.48. The highest BCUT2D eigenvalue weighted by molar-refractivity contribution is 5.94. The van der Waals surface area contributed by atoms with E-state index in [2.05, 4.69) is 30.6 Å². The number of nitrogens with zero attached hydrogens (tertiary/aromatic N) is 4. The molecule has 2 aromatic heterocycles. The van der Waals surface area contributed by atoms with E-state index in [9.17, 15) is 4.79 Å². The van der Waals surface area contributed by atoms with Crippen LogP contribution in [0.4, 0.5) is 5.69 Å². The number of imidazole rings is 1. The zero-order chi connectivity index (χ0) is 18.1. The Morgan fingerprint density at radius 1 is 1.42 bits per heavy atom. The second kappa shape index (κ2) is 6.89. The van der Waals surface area contributed by atoms with E-state index in [4.69, 9.17) is 0 Å². The summed E-state index contributed by atoms with van der Waals surface area (Å²) in [5.41, 5.74) is 3.73. The topological polar surface area (TPSA) is 90.9 Å². The summed E-state index contributed by atoms with van der Waals surface area (Å²) in [5, 5.41) is 10.7. The first-order valence-electron chi connectivity index (χ1n) is 8.78. The van der Waals surface area contributed by atoms with Gasteiger partial charge in [-0.1, -0.05) is 0 Å². The predicted molar refractivity (Wildman–Crippen MR) is 99.9 cm³/mol. The van der Waals surface area contributed by atoms with Crippen molar-refractivity contribution in [1.29, 1.82) is 0 Å². The number of benzene rings is 1. The summed E-state index contributed by atoms with van der Waals surface area (Å²) in [6, 6.07) is 5.87. The summed E-state index contributed by atoms with van der Waals surface area (Å²) in [6.07, 6.45) is 3.88. The molecule has 3 N–H and O–H groups in total. The van der Waals surface area contributed by atoms with E-state index < -0.39 is 0 Å². The van der Waals surface area contributed by atoms with Crippen LogP contribution in [0.25, 0.3) is 11.0 Å². The van der Waals surface area contributed by atoms with Crippen LogP contribution < -0.4 is 10.6 Å². The number of aromatic nitrogens is 4. The SMILES string of the molecule is Cc1nc2ccc(NC(=O)CN3CCNCC3c3cnn(C)c3)cc2[nH]1. The number of piperazine rings is 1. The molecule has 1 aromatic carbocycles. The molecule has 1 unspecified atom stereocenters. The largest absolute Gasteiger partial charge is 0.342 e. The fraction of sp³-hybridized carbons (Fsp3) is 0.389. The normalized spacial score (nSPS) is 18.3. The minimum atomic E-state index is -0.0172. The molecule has 1 aliphatic rings. The zero-order valence-corrected chi connectivity index (χ0v) is 15.0. The summed E-state index contributed by atoms with van der Waals surface area (Å²) < 4.78 is 1.80. The van der Waals surface area contributed by atoms with Crippen molar-refractivity contribution in [2.24, 2.45) is 7.05 Å². The molecule has 4 rings (SSSR count). The van der Waals surface area contributed by atoms with Crippen molar-refractivity contribution in [3.8, 4) is 0 Å². The summed E-state index contributed by atoms with van der Waals surface area (Å²) in [5.74, 6) is 0.847. The summed E-state index contributed by atoms with van der Waals surface area (Å²) >= 11 is 0. The number of fused-ring (bicyclic) bond motifs is 1. The Morgan fingerprint density at radius 2 is 2.31 bits per heavy atom. The Balaban J connectivity index is 1.45. The van der Waals surface area contributed by atoms with Gasteiger partial charge < -0.3 is 15.6 Å². The smallest absolute Gasteiger partial charge is 0.238 e. The number of rotatable bonds is 4. The van der Waals surface area contributed by atoms with Gasteiger partial charge in [-0.2, -0.15) is 5.10 Å². The highest BCUT2D eigenvalue weighted by Gasteiger charge is 2.26. The third-order valence-corrected chi connectivity index (χ3v) is 4.69. The lowest BCUT2D eigenvalue weighted by atomic mass is 10.1. The molecule has 3 heterocycles. The number of carbonyl (C=O) groups excluding carboxylic acids is 1. The number of carbonyl (C=O) groups is 1. The maximum atomic E-state index is 12.6. The van der Waals surface area contributed by atoms with Crippen LogP contribution in [0.15, 0.2) is 30.6 Å². The Kier molecular flexibility index (Phi) is 4.44. The Morgan fingerprint density at radius 3 is 3.12 bits per heavy atom. The van der Waals surface area contributed by atoms with Gasteiger partial charge in [0, 0.05) is 44.1 Å². The standard InChI is InChI=1S/C18H23N7O/c1-12-21-15-4-3-14(7-16(15)22-12)23-18(26)11-25-6-5-19-9-17(25)13-8-20-24(2)10-13/h3-4,7-8,10,17,19H,5-6,9,11H2,1-2H3,(H,21,22)(H,23,26). The number of hydrogen-bond donors (Lipinski definition) is 3. The van der Waals surface area contributed by atoms with Crippen molar-refractivity contribution < 1.29 is 4.79 Å². The van der Waals surface area contributed by atoms with Gasteiger partial charge in [-0.15, -0.1) is 0 Å². The van der Waals surface area contributed by atoms with Gasteiger partial charge >= 0.3 is 0 Å². The van der Waals surface area contributed by atoms with Gasteiger partial charge in [0.25, 0.3) is 0 Å². The van der Waals surface area contributed by atoms with Crippen LogP contribution in [0.5, 0.6) is 0 Å². The molecule has 0 radical (unpaired) electrons. The van der Waals surface area contributed by atoms with E-state index in [1.54, 1.807) is 4.68 Å². The van der Waals surface area contributed by atoms with Crippen molar-refractivity contribution in [3.63, 3.8) is 0 Å². The van der Waals surface area contributed by atoms with Crippen molar-refractivity contribution in [1.82, 2.24) is 30.0 Å². The zero-order valence-electron chi connectivity index (χ0n) is 15.0. The van der Waals surface area contributed by atoms with E-state index in [1.807, 2.05) is 44.6 Å². The van der Waals surface area contributed by atoms with Crippen LogP contribution in [0.1, 0.15) is 17.4 Å². The first-order chi connectivity index (χ1) is 12.6. The van der Waals surface area contributed by atoms with E-state index >= 15 is 0 Å². The van der Waals surface area contributed by atoms with Gasteiger partial charge in [0.15, 0.2) is 0 Å². The number of aryl methyl sites for hydroxylation is 2.